The number of nitrogens with zero attached hydrogens (tertiary/aromatic N) is 2. The highest BCUT2D eigenvalue weighted by Crippen LogP contribution is 2.30. The summed E-state index contributed by atoms with van der Waals surface area (Å²) in [5.41, 5.74) is 2.71. The van der Waals surface area contributed by atoms with E-state index >= 15 is 0 Å². The zero-order valence-electron chi connectivity index (χ0n) is 16.2. The second kappa shape index (κ2) is 9.62. The smallest absolute Gasteiger partial charge is 0.252 e. The van der Waals surface area contributed by atoms with Crippen molar-refractivity contribution in [3.8, 4) is 0 Å². The molecule has 0 spiro atoms. The maximum absolute atomic E-state index is 13.3. The van der Waals surface area contributed by atoms with Gasteiger partial charge in [-0.2, -0.15) is 16.9 Å². The second-order valence-electron chi connectivity index (χ2n) is 7.14. The summed E-state index contributed by atoms with van der Waals surface area (Å²) >= 11 is 1.92. The van der Waals surface area contributed by atoms with Crippen LogP contribution in [0.1, 0.15) is 37.8 Å². The summed E-state index contributed by atoms with van der Waals surface area (Å²) in [4.78, 5) is 13.3. The summed E-state index contributed by atoms with van der Waals surface area (Å²) in [6.07, 6.45) is 5.12. The van der Waals surface area contributed by atoms with Crippen LogP contribution in [-0.4, -0.2) is 34.0 Å². The first-order valence-corrected chi connectivity index (χ1v) is 10.3. The zero-order chi connectivity index (χ0) is 18.6. The second-order valence-corrected chi connectivity index (χ2v) is 8.70. The van der Waals surface area contributed by atoms with Gasteiger partial charge >= 0.3 is 0 Å². The molecule has 1 aromatic carbocycles. The number of anilines is 1. The molecule has 0 saturated carbocycles. The number of benzene rings is 1. The van der Waals surface area contributed by atoms with Crippen LogP contribution in [0.4, 0.5) is 5.69 Å². The van der Waals surface area contributed by atoms with Crippen molar-refractivity contribution in [1.82, 2.24) is 15.1 Å². The van der Waals surface area contributed by atoms with Crippen molar-refractivity contribution in [2.24, 2.45) is 0 Å². The van der Waals surface area contributed by atoms with Crippen molar-refractivity contribution in [1.29, 1.82) is 0 Å². The Kier molecular flexibility index (Phi) is 7.77. The third-order valence-corrected chi connectivity index (χ3v) is 6.21. The molecule has 0 bridgehead atoms. The van der Waals surface area contributed by atoms with Crippen LogP contribution in [0.5, 0.6) is 0 Å². The van der Waals surface area contributed by atoms with Gasteiger partial charge in [0.25, 0.3) is 5.91 Å². The van der Waals surface area contributed by atoms with E-state index in [1.165, 1.54) is 5.56 Å². The van der Waals surface area contributed by atoms with Gasteiger partial charge in [0, 0.05) is 23.8 Å². The van der Waals surface area contributed by atoms with Crippen LogP contribution in [-0.2, 0) is 16.1 Å². The third-order valence-electron chi connectivity index (χ3n) is 5.06. The van der Waals surface area contributed by atoms with Crippen LogP contribution >= 0.6 is 24.2 Å². The van der Waals surface area contributed by atoms with Gasteiger partial charge in [0.05, 0.1) is 0 Å². The number of piperidine rings is 1. The lowest BCUT2D eigenvalue weighted by atomic mass is 9.87. The van der Waals surface area contributed by atoms with Gasteiger partial charge in [0.2, 0.25) is 0 Å². The standard InChI is InChI=1S/C20H28N4OS.ClH/c1-15(2)26-14-17-6-4-7-18(16(17)3)23-19(25)20(8-11-21-12-9-20)24-13-5-10-22-24;/h4-7,10,13,15,21H,8-9,11-12,14H2,1-3H3,(H,23,25);1H. The highest BCUT2D eigenvalue weighted by Gasteiger charge is 2.42. The lowest BCUT2D eigenvalue weighted by Crippen LogP contribution is -2.52. The largest absolute Gasteiger partial charge is 0.324 e. The van der Waals surface area contributed by atoms with Gasteiger partial charge in [-0.1, -0.05) is 26.0 Å². The fraction of sp³-hybridized carbons (Fsp3) is 0.500. The summed E-state index contributed by atoms with van der Waals surface area (Å²) < 4.78 is 1.83. The summed E-state index contributed by atoms with van der Waals surface area (Å²) in [6.45, 7) is 8.14. The Hall–Kier alpha value is -1.50. The number of nitrogens with one attached hydrogen (secondary N) is 2. The van der Waals surface area contributed by atoms with Gasteiger partial charge < -0.3 is 10.6 Å². The molecule has 1 amide bonds. The van der Waals surface area contributed by atoms with E-state index in [9.17, 15) is 4.79 Å². The van der Waals surface area contributed by atoms with E-state index in [1.54, 1.807) is 6.20 Å². The quantitative estimate of drug-likeness (QED) is 0.759. The Balaban J connectivity index is 0.00000261. The first kappa shape index (κ1) is 21.8. The van der Waals surface area contributed by atoms with E-state index in [-0.39, 0.29) is 18.3 Å². The van der Waals surface area contributed by atoms with E-state index in [0.717, 1.165) is 42.9 Å². The molecule has 0 unspecified atom stereocenters. The lowest BCUT2D eigenvalue weighted by Gasteiger charge is -2.36. The minimum atomic E-state index is -0.621. The number of carbonyl (C=O) groups is 1. The number of thioether (sulfide) groups is 1. The molecule has 1 aromatic heterocycles. The van der Waals surface area contributed by atoms with Crippen LogP contribution < -0.4 is 10.6 Å². The Bertz CT molecular complexity index is 742. The van der Waals surface area contributed by atoms with Crippen molar-refractivity contribution < 1.29 is 4.79 Å². The number of hydrogen-bond donors (Lipinski definition) is 2. The minimum absolute atomic E-state index is 0. The maximum Gasteiger partial charge on any atom is 0.252 e. The molecule has 3 rings (SSSR count). The predicted molar refractivity (Wildman–Crippen MR) is 116 cm³/mol. The predicted octanol–water partition coefficient (Wildman–Crippen LogP) is 3.97. The van der Waals surface area contributed by atoms with Gasteiger partial charge in [-0.15, -0.1) is 12.4 Å². The van der Waals surface area contributed by atoms with Crippen LogP contribution in [0.25, 0.3) is 0 Å². The first-order valence-electron chi connectivity index (χ1n) is 9.25. The Morgan fingerprint density at radius 2 is 2.07 bits per heavy atom. The van der Waals surface area contributed by atoms with Crippen molar-refractivity contribution in [2.75, 3.05) is 18.4 Å². The summed E-state index contributed by atoms with van der Waals surface area (Å²) in [6, 6.07) is 8.05. The monoisotopic (exact) mass is 408 g/mol. The van der Waals surface area contributed by atoms with Gasteiger partial charge in [0.1, 0.15) is 5.54 Å². The summed E-state index contributed by atoms with van der Waals surface area (Å²) in [7, 11) is 0. The van der Waals surface area contributed by atoms with Crippen molar-refractivity contribution in [3.63, 3.8) is 0 Å². The first-order chi connectivity index (χ1) is 12.5. The average molecular weight is 409 g/mol. The van der Waals surface area contributed by atoms with Crippen molar-refractivity contribution in [2.45, 2.75) is 50.2 Å². The Morgan fingerprint density at radius 1 is 1.33 bits per heavy atom. The number of aromatic nitrogens is 2. The van der Waals surface area contributed by atoms with Gasteiger partial charge in [-0.3, -0.25) is 9.48 Å². The molecule has 0 aliphatic carbocycles. The fourth-order valence-electron chi connectivity index (χ4n) is 3.39. The molecule has 1 aliphatic rings. The van der Waals surface area contributed by atoms with E-state index in [4.69, 9.17) is 0 Å². The highest BCUT2D eigenvalue weighted by atomic mass is 35.5. The van der Waals surface area contributed by atoms with E-state index < -0.39 is 5.54 Å². The van der Waals surface area contributed by atoms with Gasteiger partial charge in [-0.05, 0) is 61.4 Å². The van der Waals surface area contributed by atoms with Crippen LogP contribution in [0.2, 0.25) is 0 Å². The number of rotatable bonds is 6. The summed E-state index contributed by atoms with van der Waals surface area (Å²) in [5, 5.41) is 11.5. The highest BCUT2D eigenvalue weighted by molar-refractivity contribution is 7.99. The number of carbonyl (C=O) groups excluding carboxylic acids is 1. The molecule has 1 aliphatic heterocycles. The maximum atomic E-state index is 13.3. The summed E-state index contributed by atoms with van der Waals surface area (Å²) in [5.74, 6) is 0.987. The Labute approximate surface area is 172 Å². The van der Waals surface area contributed by atoms with Crippen molar-refractivity contribution >= 4 is 35.8 Å². The molecule has 5 nitrogen and oxygen atoms in total. The van der Waals surface area contributed by atoms with Crippen molar-refractivity contribution in [3.05, 3.63) is 47.8 Å². The van der Waals surface area contributed by atoms with Crippen LogP contribution in [0.3, 0.4) is 0 Å². The zero-order valence-corrected chi connectivity index (χ0v) is 17.8. The fourth-order valence-corrected chi connectivity index (χ4v) is 4.22. The molecule has 1 saturated heterocycles. The molecule has 27 heavy (non-hydrogen) atoms. The molecule has 2 N–H and O–H groups in total. The van der Waals surface area contributed by atoms with E-state index in [2.05, 4.69) is 42.6 Å². The van der Waals surface area contributed by atoms with Gasteiger partial charge in [0.15, 0.2) is 0 Å². The van der Waals surface area contributed by atoms with Crippen LogP contribution in [0.15, 0.2) is 36.7 Å². The SMILES string of the molecule is Cc1c(CSC(C)C)cccc1NC(=O)C1(n2cccn2)CCNCC1.Cl. The minimum Gasteiger partial charge on any atom is -0.324 e. The Morgan fingerprint density at radius 3 is 2.70 bits per heavy atom. The molecule has 7 heteroatoms. The van der Waals surface area contributed by atoms with Gasteiger partial charge in [-0.25, -0.2) is 0 Å². The molecule has 148 valence electrons. The average Bonchev–Trinajstić information content (AvgIpc) is 3.18. The normalized spacial score (nSPS) is 16.0. The molecule has 1 fully saturated rings. The van der Waals surface area contributed by atoms with Crippen LogP contribution in [0, 0.1) is 6.92 Å². The van der Waals surface area contributed by atoms with E-state index in [0.29, 0.717) is 5.25 Å². The lowest BCUT2D eigenvalue weighted by molar-refractivity contribution is -0.126. The topological polar surface area (TPSA) is 59.0 Å². The molecule has 2 heterocycles. The molecule has 2 aromatic rings. The number of hydrogen-bond acceptors (Lipinski definition) is 4. The number of halogens is 1. The molecule has 0 atom stereocenters. The number of amides is 1. The molecular formula is C20H29ClN4OS. The van der Waals surface area contributed by atoms with E-state index in [1.807, 2.05) is 40.8 Å². The molecule has 0 radical (unpaired) electrons. The third kappa shape index (κ3) is 4.86. The molecular weight excluding hydrogens is 380 g/mol.